The van der Waals surface area contributed by atoms with E-state index in [2.05, 4.69) is 24.2 Å². The molecule has 0 aliphatic carbocycles. The van der Waals surface area contributed by atoms with Crippen molar-refractivity contribution in [3.8, 4) is 0 Å². The standard InChI is InChI=1S/C15H31N3O/c1-8-12(2)14(19)17-11-15(4,5)9-10-16-13(3)18(6)7/h12H,8-11H2,1-7H3,(H,17,19)/b16-13+. The van der Waals surface area contributed by atoms with Crippen LogP contribution < -0.4 is 5.32 Å². The third-order valence-electron chi connectivity index (χ3n) is 3.58. The smallest absolute Gasteiger partial charge is 0.222 e. The number of rotatable bonds is 7. The van der Waals surface area contributed by atoms with Crippen LogP contribution in [0.2, 0.25) is 0 Å². The molecule has 1 amide bonds. The second-order valence-corrected chi connectivity index (χ2v) is 6.26. The maximum atomic E-state index is 11.7. The van der Waals surface area contributed by atoms with Crippen molar-refractivity contribution in [1.82, 2.24) is 10.2 Å². The fourth-order valence-corrected chi connectivity index (χ4v) is 1.44. The summed E-state index contributed by atoms with van der Waals surface area (Å²) in [4.78, 5) is 18.3. The summed E-state index contributed by atoms with van der Waals surface area (Å²) in [7, 11) is 3.99. The summed E-state index contributed by atoms with van der Waals surface area (Å²) in [5, 5.41) is 3.04. The zero-order valence-electron chi connectivity index (χ0n) is 13.7. The quantitative estimate of drug-likeness (QED) is 0.570. The van der Waals surface area contributed by atoms with Crippen LogP contribution in [0.25, 0.3) is 0 Å². The summed E-state index contributed by atoms with van der Waals surface area (Å²) >= 11 is 0. The number of hydrogen-bond donors (Lipinski definition) is 1. The van der Waals surface area contributed by atoms with Gasteiger partial charge in [0.05, 0.1) is 5.84 Å². The normalized spacial score (nSPS) is 14.2. The maximum Gasteiger partial charge on any atom is 0.222 e. The average molecular weight is 269 g/mol. The molecule has 112 valence electrons. The van der Waals surface area contributed by atoms with E-state index >= 15 is 0 Å². The van der Waals surface area contributed by atoms with E-state index in [1.165, 1.54) is 0 Å². The molecule has 0 bridgehead atoms. The summed E-state index contributed by atoms with van der Waals surface area (Å²) in [6, 6.07) is 0. The Hall–Kier alpha value is -1.06. The summed E-state index contributed by atoms with van der Waals surface area (Å²) < 4.78 is 0. The van der Waals surface area contributed by atoms with Crippen molar-refractivity contribution >= 4 is 11.7 Å². The zero-order valence-corrected chi connectivity index (χ0v) is 13.7. The summed E-state index contributed by atoms with van der Waals surface area (Å²) in [5.74, 6) is 1.30. The van der Waals surface area contributed by atoms with E-state index in [9.17, 15) is 4.79 Å². The van der Waals surface area contributed by atoms with Gasteiger partial charge in [-0.1, -0.05) is 27.7 Å². The second-order valence-electron chi connectivity index (χ2n) is 6.26. The molecule has 1 N–H and O–H groups in total. The van der Waals surface area contributed by atoms with Crippen molar-refractivity contribution < 1.29 is 4.79 Å². The van der Waals surface area contributed by atoms with E-state index in [1.54, 1.807) is 0 Å². The minimum atomic E-state index is 0.0826. The Labute approximate surface area is 118 Å². The lowest BCUT2D eigenvalue weighted by Gasteiger charge is -2.25. The highest BCUT2D eigenvalue weighted by atomic mass is 16.1. The Bertz CT molecular complexity index is 309. The maximum absolute atomic E-state index is 11.7. The van der Waals surface area contributed by atoms with E-state index < -0.39 is 0 Å². The van der Waals surface area contributed by atoms with Gasteiger partial charge in [0.25, 0.3) is 0 Å². The molecular formula is C15H31N3O. The number of carbonyl (C=O) groups is 1. The fourth-order valence-electron chi connectivity index (χ4n) is 1.44. The molecule has 0 spiro atoms. The number of carbonyl (C=O) groups excluding carboxylic acids is 1. The molecule has 0 fully saturated rings. The predicted octanol–water partition coefficient (Wildman–Crippen LogP) is 2.55. The first kappa shape index (κ1) is 17.9. The minimum absolute atomic E-state index is 0.0826. The van der Waals surface area contributed by atoms with Gasteiger partial charge in [-0.3, -0.25) is 9.79 Å². The third-order valence-corrected chi connectivity index (χ3v) is 3.58. The molecule has 0 saturated heterocycles. The van der Waals surface area contributed by atoms with Gasteiger partial charge in [-0.25, -0.2) is 0 Å². The lowest BCUT2D eigenvalue weighted by atomic mass is 9.89. The van der Waals surface area contributed by atoms with Gasteiger partial charge >= 0.3 is 0 Å². The van der Waals surface area contributed by atoms with Crippen LogP contribution in [0.1, 0.15) is 47.5 Å². The van der Waals surface area contributed by atoms with Crippen LogP contribution in [0.3, 0.4) is 0 Å². The predicted molar refractivity (Wildman–Crippen MR) is 82.5 cm³/mol. The first-order chi connectivity index (χ1) is 8.69. The molecule has 1 unspecified atom stereocenters. The van der Waals surface area contributed by atoms with Gasteiger partial charge in [0, 0.05) is 33.1 Å². The number of amidine groups is 1. The highest BCUT2D eigenvalue weighted by Gasteiger charge is 2.20. The Balaban J connectivity index is 4.12. The molecule has 0 radical (unpaired) electrons. The van der Waals surface area contributed by atoms with Crippen molar-refractivity contribution in [3.05, 3.63) is 0 Å². The largest absolute Gasteiger partial charge is 0.367 e. The average Bonchev–Trinajstić information content (AvgIpc) is 2.34. The lowest BCUT2D eigenvalue weighted by Crippen LogP contribution is -2.37. The number of hydrogen-bond acceptors (Lipinski definition) is 2. The van der Waals surface area contributed by atoms with Gasteiger partial charge in [0.15, 0.2) is 0 Å². The summed E-state index contributed by atoms with van der Waals surface area (Å²) in [6.07, 6.45) is 1.86. The molecule has 0 heterocycles. The van der Waals surface area contributed by atoms with E-state index in [1.807, 2.05) is 39.8 Å². The molecule has 19 heavy (non-hydrogen) atoms. The van der Waals surface area contributed by atoms with Gasteiger partial charge in [0.1, 0.15) is 0 Å². The van der Waals surface area contributed by atoms with Crippen LogP contribution in [0, 0.1) is 11.3 Å². The Kier molecular flexibility index (Phi) is 7.72. The Morgan fingerprint density at radius 1 is 1.37 bits per heavy atom. The molecule has 0 aromatic rings. The summed E-state index contributed by atoms with van der Waals surface area (Å²) in [5.41, 5.74) is 0.0826. The molecule has 0 saturated carbocycles. The van der Waals surface area contributed by atoms with Crippen molar-refractivity contribution in [1.29, 1.82) is 0 Å². The molecular weight excluding hydrogens is 238 g/mol. The van der Waals surface area contributed by atoms with Gasteiger partial charge in [-0.15, -0.1) is 0 Å². The number of aliphatic imine (C=N–C) groups is 1. The lowest BCUT2D eigenvalue weighted by molar-refractivity contribution is -0.125. The van der Waals surface area contributed by atoms with Gasteiger partial charge < -0.3 is 10.2 Å². The molecule has 4 nitrogen and oxygen atoms in total. The second kappa shape index (κ2) is 8.18. The van der Waals surface area contributed by atoms with Crippen LogP contribution in [-0.2, 0) is 4.79 Å². The van der Waals surface area contributed by atoms with Gasteiger partial charge in [-0.2, -0.15) is 0 Å². The van der Waals surface area contributed by atoms with E-state index in [0.717, 1.165) is 25.2 Å². The first-order valence-corrected chi connectivity index (χ1v) is 7.15. The highest BCUT2D eigenvalue weighted by molar-refractivity contribution is 5.79. The molecule has 0 rings (SSSR count). The number of amides is 1. The molecule has 0 aliphatic rings. The molecule has 1 atom stereocenters. The van der Waals surface area contributed by atoms with Crippen molar-refractivity contribution in [2.45, 2.75) is 47.5 Å². The molecule has 0 aliphatic heterocycles. The van der Waals surface area contributed by atoms with Crippen molar-refractivity contribution in [3.63, 3.8) is 0 Å². The molecule has 0 aromatic carbocycles. The minimum Gasteiger partial charge on any atom is -0.367 e. The van der Waals surface area contributed by atoms with Crippen LogP contribution >= 0.6 is 0 Å². The van der Waals surface area contributed by atoms with E-state index in [-0.39, 0.29) is 17.2 Å². The van der Waals surface area contributed by atoms with Crippen LogP contribution in [0.4, 0.5) is 0 Å². The Morgan fingerprint density at radius 2 is 1.95 bits per heavy atom. The topological polar surface area (TPSA) is 44.7 Å². The molecule has 0 aromatic heterocycles. The van der Waals surface area contributed by atoms with E-state index in [4.69, 9.17) is 0 Å². The van der Waals surface area contributed by atoms with E-state index in [0.29, 0.717) is 6.54 Å². The zero-order chi connectivity index (χ0) is 15.1. The Morgan fingerprint density at radius 3 is 2.42 bits per heavy atom. The summed E-state index contributed by atoms with van der Waals surface area (Å²) in [6.45, 7) is 11.9. The van der Waals surface area contributed by atoms with Crippen LogP contribution in [0.15, 0.2) is 4.99 Å². The SMILES string of the molecule is CCC(C)C(=O)NCC(C)(C)CC/N=C(\C)N(C)C. The van der Waals surface area contributed by atoms with Gasteiger partial charge in [0.2, 0.25) is 5.91 Å². The van der Waals surface area contributed by atoms with Crippen molar-refractivity contribution in [2.24, 2.45) is 16.3 Å². The number of nitrogens with zero attached hydrogens (tertiary/aromatic N) is 2. The third kappa shape index (κ3) is 7.85. The molecule has 4 heteroatoms. The highest BCUT2D eigenvalue weighted by Crippen LogP contribution is 2.19. The van der Waals surface area contributed by atoms with Gasteiger partial charge in [-0.05, 0) is 25.2 Å². The van der Waals surface area contributed by atoms with Crippen LogP contribution in [0.5, 0.6) is 0 Å². The van der Waals surface area contributed by atoms with Crippen LogP contribution in [-0.4, -0.2) is 43.8 Å². The number of nitrogens with one attached hydrogen (secondary N) is 1. The first-order valence-electron chi connectivity index (χ1n) is 7.15. The monoisotopic (exact) mass is 269 g/mol. The van der Waals surface area contributed by atoms with Crippen molar-refractivity contribution in [2.75, 3.05) is 27.2 Å². The fraction of sp³-hybridized carbons (Fsp3) is 0.867.